The summed E-state index contributed by atoms with van der Waals surface area (Å²) < 4.78 is 0. The summed E-state index contributed by atoms with van der Waals surface area (Å²) in [5.41, 5.74) is 5.57. The molecule has 5 heteroatoms. The molecule has 3 aromatic rings. The highest BCUT2D eigenvalue weighted by atomic mass is 16.5. The average molecular weight is 293 g/mol. The molecule has 22 heavy (non-hydrogen) atoms. The van der Waals surface area contributed by atoms with Crippen LogP contribution < -0.4 is 5.48 Å². The molecule has 0 aliphatic rings. The van der Waals surface area contributed by atoms with Gasteiger partial charge in [0.05, 0.1) is 11.0 Å². The topological polar surface area (TPSA) is 78.0 Å². The molecule has 0 spiro atoms. The molecule has 110 valence electrons. The number of benzene rings is 2. The minimum atomic E-state index is -0.550. The summed E-state index contributed by atoms with van der Waals surface area (Å²) in [6, 6.07) is 15.7. The van der Waals surface area contributed by atoms with Crippen LogP contribution in [0.1, 0.15) is 17.0 Å². The van der Waals surface area contributed by atoms with Crippen LogP contribution in [0.5, 0.6) is 0 Å². The zero-order valence-electron chi connectivity index (χ0n) is 11.8. The number of H-pyrrole nitrogens is 1. The first-order valence-corrected chi connectivity index (χ1v) is 6.89. The first-order valence-electron chi connectivity index (χ1n) is 6.89. The third-order valence-electron chi connectivity index (χ3n) is 3.33. The third kappa shape index (κ3) is 3.21. The van der Waals surface area contributed by atoms with Gasteiger partial charge in [-0.15, -0.1) is 0 Å². The van der Waals surface area contributed by atoms with Crippen molar-refractivity contribution in [1.29, 1.82) is 0 Å². The average Bonchev–Trinajstić information content (AvgIpc) is 2.96. The van der Waals surface area contributed by atoms with Gasteiger partial charge >= 0.3 is 0 Å². The highest BCUT2D eigenvalue weighted by Gasteiger charge is 2.03. The first kappa shape index (κ1) is 14.0. The van der Waals surface area contributed by atoms with Crippen molar-refractivity contribution in [2.45, 2.75) is 6.42 Å². The lowest BCUT2D eigenvalue weighted by Gasteiger charge is -1.99. The fourth-order valence-corrected chi connectivity index (χ4v) is 2.24. The Morgan fingerprint density at radius 1 is 1.18 bits per heavy atom. The van der Waals surface area contributed by atoms with Crippen LogP contribution in [0.15, 0.2) is 54.6 Å². The molecule has 0 unspecified atom stereocenters. The summed E-state index contributed by atoms with van der Waals surface area (Å²) in [7, 11) is 0. The molecular weight excluding hydrogens is 278 g/mol. The van der Waals surface area contributed by atoms with E-state index in [0.717, 1.165) is 34.4 Å². The van der Waals surface area contributed by atoms with Crippen LogP contribution in [0.2, 0.25) is 0 Å². The molecule has 0 atom stereocenters. The van der Waals surface area contributed by atoms with Crippen molar-refractivity contribution in [3.8, 4) is 0 Å². The van der Waals surface area contributed by atoms with Crippen LogP contribution in [0, 0.1) is 0 Å². The van der Waals surface area contributed by atoms with Crippen molar-refractivity contribution < 1.29 is 10.0 Å². The summed E-state index contributed by atoms with van der Waals surface area (Å²) in [4.78, 5) is 18.8. The number of rotatable bonds is 4. The molecule has 0 bridgehead atoms. The third-order valence-corrected chi connectivity index (χ3v) is 3.33. The Kier molecular flexibility index (Phi) is 3.98. The van der Waals surface area contributed by atoms with Crippen molar-refractivity contribution in [2.24, 2.45) is 0 Å². The van der Waals surface area contributed by atoms with E-state index in [1.807, 2.05) is 48.5 Å². The van der Waals surface area contributed by atoms with Crippen molar-refractivity contribution in [3.63, 3.8) is 0 Å². The normalized spacial score (nSPS) is 11.1. The number of nitrogens with zero attached hydrogens (tertiary/aromatic N) is 1. The number of carbonyl (C=O) groups excluding carboxylic acids is 1. The van der Waals surface area contributed by atoms with E-state index in [4.69, 9.17) is 5.21 Å². The standard InChI is InChI=1S/C17H15N3O2/c21-17(20-22)10-9-12-5-7-13(8-6-12)11-16-18-14-3-1-2-4-15(14)19-16/h1-10,22H,11H2,(H,18,19)(H,20,21)/b10-9+. The predicted octanol–water partition coefficient (Wildman–Crippen LogP) is 2.67. The Labute approximate surface area is 127 Å². The first-order chi connectivity index (χ1) is 10.7. The van der Waals surface area contributed by atoms with E-state index in [2.05, 4.69) is 9.97 Å². The van der Waals surface area contributed by atoms with E-state index in [1.165, 1.54) is 6.08 Å². The van der Waals surface area contributed by atoms with Gasteiger partial charge in [0.15, 0.2) is 0 Å². The summed E-state index contributed by atoms with van der Waals surface area (Å²) in [5.74, 6) is 0.371. The van der Waals surface area contributed by atoms with Gasteiger partial charge in [0.1, 0.15) is 5.82 Å². The second-order valence-electron chi connectivity index (χ2n) is 4.93. The van der Waals surface area contributed by atoms with E-state index >= 15 is 0 Å². The number of nitrogens with one attached hydrogen (secondary N) is 2. The van der Waals surface area contributed by atoms with Crippen LogP contribution in [-0.4, -0.2) is 21.1 Å². The van der Waals surface area contributed by atoms with E-state index in [9.17, 15) is 4.79 Å². The van der Waals surface area contributed by atoms with Crippen LogP contribution >= 0.6 is 0 Å². The smallest absolute Gasteiger partial charge is 0.267 e. The second kappa shape index (κ2) is 6.24. The lowest BCUT2D eigenvalue weighted by molar-refractivity contribution is -0.124. The van der Waals surface area contributed by atoms with Crippen LogP contribution in [0.25, 0.3) is 17.1 Å². The van der Waals surface area contributed by atoms with Crippen molar-refractivity contribution in [1.82, 2.24) is 15.4 Å². The number of aromatic nitrogens is 2. The Morgan fingerprint density at radius 2 is 1.95 bits per heavy atom. The molecule has 3 N–H and O–H groups in total. The van der Waals surface area contributed by atoms with E-state index < -0.39 is 5.91 Å². The van der Waals surface area contributed by atoms with Crippen molar-refractivity contribution >= 4 is 23.0 Å². The Morgan fingerprint density at radius 3 is 2.68 bits per heavy atom. The predicted molar refractivity (Wildman–Crippen MR) is 84.3 cm³/mol. The minimum Gasteiger partial charge on any atom is -0.342 e. The number of hydroxylamine groups is 1. The molecule has 1 aromatic heterocycles. The SMILES string of the molecule is O=C(/C=C/c1ccc(Cc2nc3ccccc3[nH]2)cc1)NO. The summed E-state index contributed by atoms with van der Waals surface area (Å²) in [6.07, 6.45) is 3.63. The highest BCUT2D eigenvalue weighted by molar-refractivity contribution is 5.90. The molecule has 5 nitrogen and oxygen atoms in total. The maximum Gasteiger partial charge on any atom is 0.267 e. The highest BCUT2D eigenvalue weighted by Crippen LogP contribution is 2.14. The largest absolute Gasteiger partial charge is 0.342 e. The van der Waals surface area contributed by atoms with Gasteiger partial charge in [0, 0.05) is 12.5 Å². The number of aromatic amines is 1. The molecule has 0 radical (unpaired) electrons. The molecule has 3 rings (SSSR count). The molecule has 0 aliphatic heterocycles. The Bertz CT molecular complexity index is 786. The number of para-hydroxylation sites is 2. The van der Waals surface area contributed by atoms with Gasteiger partial charge in [-0.1, -0.05) is 36.4 Å². The fraction of sp³-hybridized carbons (Fsp3) is 0.0588. The Hall–Kier alpha value is -2.92. The molecule has 1 amide bonds. The van der Waals surface area contributed by atoms with Gasteiger partial charge in [0.25, 0.3) is 5.91 Å². The lowest BCUT2D eigenvalue weighted by atomic mass is 10.1. The van der Waals surface area contributed by atoms with Crippen molar-refractivity contribution in [2.75, 3.05) is 0 Å². The number of carbonyl (C=O) groups is 1. The van der Waals surface area contributed by atoms with Crippen LogP contribution in [0.3, 0.4) is 0 Å². The zero-order chi connectivity index (χ0) is 15.4. The number of imidazole rings is 1. The van der Waals surface area contributed by atoms with Gasteiger partial charge in [-0.25, -0.2) is 10.5 Å². The fourth-order valence-electron chi connectivity index (χ4n) is 2.24. The maximum atomic E-state index is 10.9. The number of amides is 1. The maximum absolute atomic E-state index is 10.9. The second-order valence-corrected chi connectivity index (χ2v) is 4.93. The van der Waals surface area contributed by atoms with E-state index in [1.54, 1.807) is 11.6 Å². The summed E-state index contributed by atoms with van der Waals surface area (Å²) >= 11 is 0. The quantitative estimate of drug-likeness (QED) is 0.393. The van der Waals surface area contributed by atoms with Crippen molar-refractivity contribution in [3.05, 3.63) is 71.6 Å². The Balaban J connectivity index is 1.73. The lowest BCUT2D eigenvalue weighted by Crippen LogP contribution is -2.14. The van der Waals surface area contributed by atoms with Crippen LogP contribution in [-0.2, 0) is 11.2 Å². The number of hydrogen-bond acceptors (Lipinski definition) is 3. The molecule has 2 aromatic carbocycles. The molecule has 1 heterocycles. The zero-order valence-corrected chi connectivity index (χ0v) is 11.8. The molecule has 0 fully saturated rings. The molecule has 0 aliphatic carbocycles. The van der Waals surface area contributed by atoms with E-state index in [0.29, 0.717) is 0 Å². The number of hydrogen-bond donors (Lipinski definition) is 3. The van der Waals surface area contributed by atoms with Gasteiger partial charge in [-0.05, 0) is 29.3 Å². The van der Waals surface area contributed by atoms with Gasteiger partial charge in [0.2, 0.25) is 0 Å². The minimum absolute atomic E-state index is 0.550. The van der Waals surface area contributed by atoms with Gasteiger partial charge in [-0.2, -0.15) is 0 Å². The molecule has 0 saturated carbocycles. The van der Waals surface area contributed by atoms with Gasteiger partial charge < -0.3 is 4.98 Å². The number of fused-ring (bicyclic) bond motifs is 1. The molecular formula is C17H15N3O2. The molecule has 0 saturated heterocycles. The summed E-state index contributed by atoms with van der Waals surface area (Å²) in [5, 5.41) is 8.42. The summed E-state index contributed by atoms with van der Waals surface area (Å²) in [6.45, 7) is 0. The van der Waals surface area contributed by atoms with Gasteiger partial charge in [-0.3, -0.25) is 10.0 Å². The van der Waals surface area contributed by atoms with Crippen LogP contribution in [0.4, 0.5) is 0 Å². The van der Waals surface area contributed by atoms with E-state index in [-0.39, 0.29) is 0 Å². The monoisotopic (exact) mass is 293 g/mol.